The molecule has 1 amide bonds. The SMILES string of the molecule is Cc1c(-n2ncc(C(=O)NC3CC3)c2C)nn(C)c1OC(F)F. The van der Waals surface area contributed by atoms with E-state index >= 15 is 0 Å². The lowest BCUT2D eigenvalue weighted by molar-refractivity contribution is -0.0557. The summed E-state index contributed by atoms with van der Waals surface area (Å²) >= 11 is 0. The molecule has 1 saturated carbocycles. The summed E-state index contributed by atoms with van der Waals surface area (Å²) < 4.78 is 32.1. The summed E-state index contributed by atoms with van der Waals surface area (Å²) in [4.78, 5) is 12.1. The molecule has 1 N–H and O–H groups in total. The quantitative estimate of drug-likeness (QED) is 0.908. The fraction of sp³-hybridized carbons (Fsp3) is 0.500. The van der Waals surface area contributed by atoms with E-state index in [0.717, 1.165) is 12.8 Å². The molecular formula is C14H17F2N5O2. The van der Waals surface area contributed by atoms with Crippen LogP contribution in [0.2, 0.25) is 0 Å². The lowest BCUT2D eigenvalue weighted by Crippen LogP contribution is -2.25. The molecule has 0 atom stereocenters. The van der Waals surface area contributed by atoms with Crippen molar-refractivity contribution in [1.82, 2.24) is 24.9 Å². The molecule has 0 radical (unpaired) electrons. The van der Waals surface area contributed by atoms with Gasteiger partial charge < -0.3 is 10.1 Å². The molecule has 0 aromatic carbocycles. The molecule has 2 aromatic rings. The van der Waals surface area contributed by atoms with Gasteiger partial charge in [0.15, 0.2) is 5.82 Å². The summed E-state index contributed by atoms with van der Waals surface area (Å²) in [6.45, 7) is 0.414. The van der Waals surface area contributed by atoms with Gasteiger partial charge in [0.1, 0.15) is 0 Å². The van der Waals surface area contributed by atoms with Crippen LogP contribution in [-0.4, -0.2) is 38.1 Å². The molecule has 2 aromatic heterocycles. The van der Waals surface area contributed by atoms with Gasteiger partial charge in [-0.3, -0.25) is 4.79 Å². The highest BCUT2D eigenvalue weighted by molar-refractivity contribution is 5.95. The van der Waals surface area contributed by atoms with Gasteiger partial charge in [-0.15, -0.1) is 5.10 Å². The number of hydrogen-bond acceptors (Lipinski definition) is 4. The van der Waals surface area contributed by atoms with Crippen LogP contribution in [0.5, 0.6) is 5.88 Å². The van der Waals surface area contributed by atoms with Crippen LogP contribution in [0.1, 0.15) is 34.5 Å². The summed E-state index contributed by atoms with van der Waals surface area (Å²) in [5, 5.41) is 11.2. The number of hydrogen-bond donors (Lipinski definition) is 1. The topological polar surface area (TPSA) is 74.0 Å². The molecular weight excluding hydrogens is 308 g/mol. The number of aryl methyl sites for hydroxylation is 1. The van der Waals surface area contributed by atoms with E-state index in [1.54, 1.807) is 13.8 Å². The minimum absolute atomic E-state index is 0.0334. The van der Waals surface area contributed by atoms with Gasteiger partial charge in [-0.1, -0.05) is 0 Å². The summed E-state index contributed by atoms with van der Waals surface area (Å²) in [7, 11) is 1.51. The third kappa shape index (κ3) is 2.90. The number of nitrogens with zero attached hydrogens (tertiary/aromatic N) is 4. The van der Waals surface area contributed by atoms with E-state index in [2.05, 4.69) is 20.3 Å². The molecule has 0 unspecified atom stereocenters. The maximum absolute atomic E-state index is 12.5. The smallest absolute Gasteiger partial charge is 0.388 e. The Morgan fingerprint density at radius 2 is 2.13 bits per heavy atom. The number of carbonyl (C=O) groups excluding carboxylic acids is 1. The molecule has 0 spiro atoms. The summed E-state index contributed by atoms with van der Waals surface area (Å²) in [5.41, 5.74) is 1.46. The van der Waals surface area contributed by atoms with Crippen molar-refractivity contribution in [2.45, 2.75) is 39.3 Å². The second-order valence-corrected chi connectivity index (χ2v) is 5.56. The van der Waals surface area contributed by atoms with E-state index in [1.807, 2.05) is 0 Å². The summed E-state index contributed by atoms with van der Waals surface area (Å²) in [5.74, 6) is 0.133. The van der Waals surface area contributed by atoms with E-state index in [1.165, 1.54) is 22.6 Å². The van der Waals surface area contributed by atoms with Gasteiger partial charge in [0.25, 0.3) is 5.91 Å². The van der Waals surface area contributed by atoms with Crippen molar-refractivity contribution in [2.24, 2.45) is 7.05 Å². The van der Waals surface area contributed by atoms with Crippen molar-refractivity contribution in [3.63, 3.8) is 0 Å². The average molecular weight is 325 g/mol. The van der Waals surface area contributed by atoms with Crippen LogP contribution in [0.4, 0.5) is 8.78 Å². The molecule has 1 fully saturated rings. The number of halogens is 2. The first-order valence-electron chi connectivity index (χ1n) is 7.22. The van der Waals surface area contributed by atoms with Crippen molar-refractivity contribution >= 4 is 5.91 Å². The van der Waals surface area contributed by atoms with Crippen LogP contribution in [0, 0.1) is 13.8 Å². The number of alkyl halides is 2. The Morgan fingerprint density at radius 1 is 1.43 bits per heavy atom. The maximum Gasteiger partial charge on any atom is 0.388 e. The van der Waals surface area contributed by atoms with Crippen molar-refractivity contribution in [2.75, 3.05) is 0 Å². The molecule has 7 nitrogen and oxygen atoms in total. The van der Waals surface area contributed by atoms with Crippen molar-refractivity contribution in [3.05, 3.63) is 23.0 Å². The highest BCUT2D eigenvalue weighted by Crippen LogP contribution is 2.26. The number of nitrogens with one attached hydrogen (secondary N) is 1. The van der Waals surface area contributed by atoms with Crippen LogP contribution in [0.25, 0.3) is 5.82 Å². The van der Waals surface area contributed by atoms with Crippen molar-refractivity contribution in [3.8, 4) is 11.7 Å². The van der Waals surface area contributed by atoms with E-state index in [0.29, 0.717) is 22.6 Å². The fourth-order valence-electron chi connectivity index (χ4n) is 2.39. The number of carbonyl (C=O) groups is 1. The number of rotatable bonds is 5. The van der Waals surface area contributed by atoms with Crippen LogP contribution in [0.15, 0.2) is 6.20 Å². The van der Waals surface area contributed by atoms with E-state index < -0.39 is 6.61 Å². The van der Waals surface area contributed by atoms with Crippen LogP contribution in [0.3, 0.4) is 0 Å². The summed E-state index contributed by atoms with van der Waals surface area (Å²) in [6, 6.07) is 0.243. The standard InChI is InChI=1S/C14H17F2N5O2/c1-7-11(19-20(3)13(7)23-14(15)16)21-8(2)10(6-17-21)12(22)18-9-4-5-9/h6,9,14H,4-5H2,1-3H3,(H,18,22). The summed E-state index contributed by atoms with van der Waals surface area (Å²) in [6.07, 6.45) is 3.44. The first-order chi connectivity index (χ1) is 10.9. The van der Waals surface area contributed by atoms with E-state index in [-0.39, 0.29) is 17.8 Å². The van der Waals surface area contributed by atoms with Gasteiger partial charge in [-0.2, -0.15) is 13.9 Å². The minimum Gasteiger partial charge on any atom is -0.417 e. The third-order valence-corrected chi connectivity index (χ3v) is 3.76. The minimum atomic E-state index is -2.93. The lowest BCUT2D eigenvalue weighted by atomic mass is 10.2. The van der Waals surface area contributed by atoms with Gasteiger partial charge in [0, 0.05) is 13.1 Å². The third-order valence-electron chi connectivity index (χ3n) is 3.76. The molecule has 0 bridgehead atoms. The normalized spacial score (nSPS) is 14.3. The van der Waals surface area contributed by atoms with Gasteiger partial charge in [-0.25, -0.2) is 9.36 Å². The Kier molecular flexibility index (Phi) is 3.78. The zero-order valence-corrected chi connectivity index (χ0v) is 13.0. The first-order valence-corrected chi connectivity index (χ1v) is 7.22. The maximum atomic E-state index is 12.5. The molecule has 0 saturated heterocycles. The fourth-order valence-corrected chi connectivity index (χ4v) is 2.39. The predicted octanol–water partition coefficient (Wildman–Crippen LogP) is 1.72. The second kappa shape index (κ2) is 5.64. The van der Waals surface area contributed by atoms with Gasteiger partial charge >= 0.3 is 6.61 Å². The molecule has 2 heterocycles. The van der Waals surface area contributed by atoms with Gasteiger partial charge in [-0.05, 0) is 26.7 Å². The van der Waals surface area contributed by atoms with Gasteiger partial charge in [0.2, 0.25) is 5.88 Å². The van der Waals surface area contributed by atoms with E-state index in [9.17, 15) is 13.6 Å². The van der Waals surface area contributed by atoms with Crippen LogP contribution >= 0.6 is 0 Å². The monoisotopic (exact) mass is 325 g/mol. The first kappa shape index (κ1) is 15.4. The molecule has 9 heteroatoms. The zero-order valence-electron chi connectivity index (χ0n) is 13.0. The van der Waals surface area contributed by atoms with Gasteiger partial charge in [0.05, 0.1) is 23.0 Å². The molecule has 1 aliphatic carbocycles. The Hall–Kier alpha value is -2.45. The molecule has 3 rings (SSSR count). The van der Waals surface area contributed by atoms with Crippen LogP contribution < -0.4 is 10.1 Å². The number of amides is 1. The van der Waals surface area contributed by atoms with Crippen molar-refractivity contribution in [1.29, 1.82) is 0 Å². The number of ether oxygens (including phenoxy) is 1. The van der Waals surface area contributed by atoms with E-state index in [4.69, 9.17) is 0 Å². The largest absolute Gasteiger partial charge is 0.417 e. The Balaban J connectivity index is 1.93. The average Bonchev–Trinajstić information content (AvgIpc) is 3.15. The van der Waals surface area contributed by atoms with Crippen LogP contribution in [-0.2, 0) is 7.05 Å². The van der Waals surface area contributed by atoms with Crippen molar-refractivity contribution < 1.29 is 18.3 Å². The molecule has 23 heavy (non-hydrogen) atoms. The zero-order chi connectivity index (χ0) is 16.7. The second-order valence-electron chi connectivity index (χ2n) is 5.56. The highest BCUT2D eigenvalue weighted by Gasteiger charge is 2.27. The molecule has 1 aliphatic rings. The lowest BCUT2D eigenvalue weighted by Gasteiger charge is -2.05. The Morgan fingerprint density at radius 3 is 2.74 bits per heavy atom. The predicted molar refractivity (Wildman–Crippen MR) is 76.9 cm³/mol. The highest BCUT2D eigenvalue weighted by atomic mass is 19.3. The Bertz CT molecular complexity index is 749. The number of aromatic nitrogens is 4. The molecule has 0 aliphatic heterocycles. The Labute approximate surface area is 131 Å². The molecule has 124 valence electrons.